The van der Waals surface area contributed by atoms with Crippen LogP contribution in [-0.4, -0.2) is 37.5 Å². The molecule has 4 heteroatoms. The van der Waals surface area contributed by atoms with Crippen LogP contribution in [0.25, 0.3) is 0 Å². The fourth-order valence-electron chi connectivity index (χ4n) is 3.36. The summed E-state index contributed by atoms with van der Waals surface area (Å²) < 4.78 is 5.68. The van der Waals surface area contributed by atoms with Crippen LogP contribution in [0.3, 0.4) is 0 Å². The van der Waals surface area contributed by atoms with Crippen LogP contribution in [-0.2, 0) is 4.74 Å². The molecule has 0 aromatic heterocycles. The first-order chi connectivity index (χ1) is 8.31. The lowest BCUT2D eigenvalue weighted by atomic mass is 9.84. The lowest BCUT2D eigenvalue weighted by Crippen LogP contribution is -3.18. The molecule has 2 heterocycles. The van der Waals surface area contributed by atoms with Crippen LogP contribution in [0.5, 0.6) is 0 Å². The van der Waals surface area contributed by atoms with E-state index in [-0.39, 0.29) is 0 Å². The zero-order chi connectivity index (χ0) is 12.1. The molecule has 0 spiro atoms. The summed E-state index contributed by atoms with van der Waals surface area (Å²) in [4.78, 5) is 1.82. The Labute approximate surface area is 110 Å². The second kappa shape index (κ2) is 6.55. The lowest BCUT2D eigenvalue weighted by Gasteiger charge is -2.41. The normalized spacial score (nSPS) is 32.6. The number of fused-ring (bicyclic) bond motifs is 1. The molecule has 0 radical (unpaired) electrons. The topological polar surface area (TPSA) is 25.7 Å². The highest BCUT2D eigenvalue weighted by Gasteiger charge is 2.36. The summed E-state index contributed by atoms with van der Waals surface area (Å²) in [5.41, 5.74) is 0. The maximum atomic E-state index is 5.68. The van der Waals surface area contributed by atoms with Crippen molar-refractivity contribution in [1.82, 2.24) is 5.32 Å². The van der Waals surface area contributed by atoms with Crippen molar-refractivity contribution in [1.29, 1.82) is 0 Å². The number of rotatable bonds is 3. The first-order valence-corrected chi connectivity index (χ1v) is 7.47. The Bertz CT molecular complexity index is 258. The van der Waals surface area contributed by atoms with Gasteiger partial charge in [-0.1, -0.05) is 0 Å². The highest BCUT2D eigenvalue weighted by Crippen LogP contribution is 2.20. The first kappa shape index (κ1) is 13.1. The van der Waals surface area contributed by atoms with Gasteiger partial charge in [0.2, 0.25) is 0 Å². The van der Waals surface area contributed by atoms with Gasteiger partial charge < -0.3 is 15.0 Å². The van der Waals surface area contributed by atoms with Crippen LogP contribution < -0.4 is 10.2 Å². The number of thiocarbonyl (C=S) groups is 1. The summed E-state index contributed by atoms with van der Waals surface area (Å²) >= 11 is 5.13. The molecule has 3 nitrogen and oxygen atoms in total. The molecule has 2 fully saturated rings. The van der Waals surface area contributed by atoms with Gasteiger partial charge in [0.05, 0.1) is 25.7 Å². The summed E-state index contributed by atoms with van der Waals surface area (Å²) in [5, 5.41) is 3.64. The number of hydrogen-bond donors (Lipinski definition) is 2. The Morgan fingerprint density at radius 2 is 2.12 bits per heavy atom. The van der Waals surface area contributed by atoms with Crippen molar-refractivity contribution in [2.45, 2.75) is 45.1 Å². The van der Waals surface area contributed by atoms with Crippen LogP contribution in [0.4, 0.5) is 0 Å². The number of piperidine rings is 2. The second-order valence-electron chi connectivity index (χ2n) is 5.29. The molecule has 2 N–H and O–H groups in total. The number of nitrogens with one attached hydrogen (secondary N) is 2. The SMILES string of the molecule is CCNC(=S)OC[C@H]1CCC[NH+]2CCCC[C@H]12. The third kappa shape index (κ3) is 3.55. The second-order valence-corrected chi connectivity index (χ2v) is 5.66. The van der Waals surface area contributed by atoms with Crippen molar-refractivity contribution in [2.75, 3.05) is 26.2 Å². The van der Waals surface area contributed by atoms with Crippen molar-refractivity contribution in [3.63, 3.8) is 0 Å². The molecule has 2 aliphatic heterocycles. The van der Waals surface area contributed by atoms with Crippen molar-refractivity contribution < 1.29 is 9.64 Å². The van der Waals surface area contributed by atoms with Gasteiger partial charge in [0, 0.05) is 12.5 Å². The summed E-state index contributed by atoms with van der Waals surface area (Å²) in [6, 6.07) is 0.835. The van der Waals surface area contributed by atoms with Gasteiger partial charge >= 0.3 is 0 Å². The molecule has 0 aromatic carbocycles. The molecule has 2 aliphatic rings. The Kier molecular flexibility index (Phi) is 5.04. The van der Waals surface area contributed by atoms with Gasteiger partial charge in [-0.3, -0.25) is 0 Å². The molecule has 0 bridgehead atoms. The van der Waals surface area contributed by atoms with Gasteiger partial charge in [0.25, 0.3) is 5.17 Å². The molecule has 1 unspecified atom stereocenters. The van der Waals surface area contributed by atoms with E-state index >= 15 is 0 Å². The van der Waals surface area contributed by atoms with E-state index in [0.717, 1.165) is 25.1 Å². The highest BCUT2D eigenvalue weighted by atomic mass is 32.1. The minimum Gasteiger partial charge on any atom is -0.471 e. The van der Waals surface area contributed by atoms with Gasteiger partial charge in [0.15, 0.2) is 0 Å². The molecular weight excluding hydrogens is 232 g/mol. The van der Waals surface area contributed by atoms with E-state index in [1.165, 1.54) is 45.2 Å². The van der Waals surface area contributed by atoms with Crippen LogP contribution in [0.2, 0.25) is 0 Å². The predicted octanol–water partition coefficient (Wildman–Crippen LogP) is 0.745. The molecule has 17 heavy (non-hydrogen) atoms. The minimum atomic E-state index is 0.579. The van der Waals surface area contributed by atoms with E-state index in [0.29, 0.717) is 5.17 Å². The van der Waals surface area contributed by atoms with Gasteiger partial charge in [-0.15, -0.1) is 0 Å². The van der Waals surface area contributed by atoms with Crippen molar-refractivity contribution in [3.8, 4) is 0 Å². The Hall–Kier alpha value is -0.350. The molecule has 2 rings (SSSR count). The smallest absolute Gasteiger partial charge is 0.256 e. The molecule has 0 aromatic rings. The Morgan fingerprint density at radius 1 is 1.29 bits per heavy atom. The molecule has 0 saturated carbocycles. The maximum absolute atomic E-state index is 5.68. The number of quaternary nitrogens is 1. The Balaban J connectivity index is 1.80. The average Bonchev–Trinajstić information content (AvgIpc) is 2.36. The largest absolute Gasteiger partial charge is 0.471 e. The van der Waals surface area contributed by atoms with E-state index in [9.17, 15) is 0 Å². The van der Waals surface area contributed by atoms with Crippen LogP contribution in [0.15, 0.2) is 0 Å². The zero-order valence-corrected chi connectivity index (χ0v) is 11.7. The number of ether oxygens (including phenoxy) is 1. The van der Waals surface area contributed by atoms with E-state index in [1.54, 1.807) is 0 Å². The monoisotopic (exact) mass is 257 g/mol. The standard InChI is InChI=1S/C13H24N2OS/c1-2-14-13(17)16-10-11-6-5-9-15-8-4-3-7-12(11)15/h11-12H,2-10H2,1H3,(H,14,17)/p+1/t11-,12-/m1/s1. The van der Waals surface area contributed by atoms with E-state index in [4.69, 9.17) is 17.0 Å². The molecule has 0 aliphatic carbocycles. The van der Waals surface area contributed by atoms with E-state index in [2.05, 4.69) is 5.32 Å². The van der Waals surface area contributed by atoms with Crippen LogP contribution >= 0.6 is 12.2 Å². The Morgan fingerprint density at radius 3 is 2.94 bits per heavy atom. The van der Waals surface area contributed by atoms with Crippen LogP contribution in [0.1, 0.15) is 39.0 Å². The number of hydrogen-bond acceptors (Lipinski definition) is 2. The van der Waals surface area contributed by atoms with Gasteiger partial charge in [-0.25, -0.2) is 0 Å². The van der Waals surface area contributed by atoms with Gasteiger partial charge in [0.1, 0.15) is 0 Å². The van der Waals surface area contributed by atoms with Crippen molar-refractivity contribution in [3.05, 3.63) is 0 Å². The summed E-state index contributed by atoms with van der Waals surface area (Å²) in [7, 11) is 0. The van der Waals surface area contributed by atoms with Gasteiger partial charge in [-0.05, 0) is 51.2 Å². The van der Waals surface area contributed by atoms with Gasteiger partial charge in [-0.2, -0.15) is 0 Å². The average molecular weight is 257 g/mol. The minimum absolute atomic E-state index is 0.579. The maximum Gasteiger partial charge on any atom is 0.256 e. The molecule has 0 amide bonds. The first-order valence-electron chi connectivity index (χ1n) is 7.06. The third-order valence-electron chi connectivity index (χ3n) is 4.18. The fourth-order valence-corrected chi connectivity index (χ4v) is 3.57. The molecule has 3 atom stereocenters. The zero-order valence-electron chi connectivity index (χ0n) is 10.8. The summed E-state index contributed by atoms with van der Waals surface area (Å²) in [5.74, 6) is 0.718. The van der Waals surface area contributed by atoms with Crippen molar-refractivity contribution >= 4 is 17.4 Å². The third-order valence-corrected chi connectivity index (χ3v) is 4.44. The highest BCUT2D eigenvalue weighted by molar-refractivity contribution is 7.80. The summed E-state index contributed by atoms with van der Waals surface area (Å²) in [6.07, 6.45) is 6.88. The quantitative estimate of drug-likeness (QED) is 0.730. The van der Waals surface area contributed by atoms with E-state index in [1.807, 2.05) is 11.8 Å². The van der Waals surface area contributed by atoms with E-state index < -0.39 is 0 Å². The van der Waals surface area contributed by atoms with Crippen molar-refractivity contribution in [2.24, 2.45) is 5.92 Å². The fraction of sp³-hybridized carbons (Fsp3) is 0.923. The molecule has 98 valence electrons. The molecule has 2 saturated heterocycles. The van der Waals surface area contributed by atoms with Crippen LogP contribution in [0, 0.1) is 5.92 Å². The summed E-state index contributed by atoms with van der Waals surface area (Å²) in [6.45, 7) is 6.46. The lowest BCUT2D eigenvalue weighted by molar-refractivity contribution is -0.940. The molecular formula is C13H25N2OS+. The predicted molar refractivity (Wildman–Crippen MR) is 73.3 cm³/mol.